The van der Waals surface area contributed by atoms with Gasteiger partial charge in [0, 0.05) is 18.2 Å². The molecule has 1 aromatic carbocycles. The highest BCUT2D eigenvalue weighted by Gasteiger charge is 2.35. The van der Waals surface area contributed by atoms with Gasteiger partial charge >= 0.3 is 0 Å². The zero-order valence-corrected chi connectivity index (χ0v) is 7.76. The van der Waals surface area contributed by atoms with Crippen molar-refractivity contribution < 1.29 is 4.39 Å². The molecule has 0 amide bonds. The van der Waals surface area contributed by atoms with Crippen molar-refractivity contribution in [3.63, 3.8) is 0 Å². The van der Waals surface area contributed by atoms with Gasteiger partial charge in [0.2, 0.25) is 0 Å². The zero-order chi connectivity index (χ0) is 9.71. The fourth-order valence-corrected chi connectivity index (χ4v) is 2.02. The van der Waals surface area contributed by atoms with Gasteiger partial charge in [-0.05, 0) is 30.5 Å². The summed E-state index contributed by atoms with van der Waals surface area (Å²) >= 11 is 0. The molecule has 1 saturated carbocycles. The highest BCUT2D eigenvalue weighted by Crippen LogP contribution is 2.34. The number of fused-ring (bicyclic) bond motifs is 1. The predicted molar refractivity (Wildman–Crippen MR) is 51.8 cm³/mol. The maximum atomic E-state index is 13.0. The van der Waals surface area contributed by atoms with Crippen LogP contribution in [-0.2, 0) is 6.54 Å². The highest BCUT2D eigenvalue weighted by atomic mass is 19.1. The summed E-state index contributed by atoms with van der Waals surface area (Å²) in [5, 5.41) is 7.91. The Morgan fingerprint density at radius 1 is 1.36 bits per heavy atom. The number of halogens is 1. The molecular weight excluding hydrogens is 179 g/mol. The van der Waals surface area contributed by atoms with E-state index in [0.29, 0.717) is 11.9 Å². The first-order chi connectivity index (χ1) is 6.75. The third-order valence-corrected chi connectivity index (χ3v) is 2.94. The summed E-state index contributed by atoms with van der Waals surface area (Å²) in [6.07, 6.45) is 2.36. The Morgan fingerprint density at radius 3 is 2.86 bits per heavy atom. The summed E-state index contributed by atoms with van der Waals surface area (Å²) in [6.45, 7) is 0.791. The van der Waals surface area contributed by atoms with Crippen molar-refractivity contribution in [2.75, 3.05) is 0 Å². The van der Waals surface area contributed by atoms with Crippen LogP contribution in [0.4, 0.5) is 4.39 Å². The van der Waals surface area contributed by atoms with Gasteiger partial charge in [0.1, 0.15) is 11.7 Å². The Bertz CT molecular complexity index is 410. The molecular formula is C11H11FN2. The molecule has 0 radical (unpaired) electrons. The molecule has 3 rings (SSSR count). The maximum Gasteiger partial charge on any atom is 0.129 e. The summed E-state index contributed by atoms with van der Waals surface area (Å²) in [5.74, 6) is 0.258. The molecule has 3 heteroatoms. The number of nitrogens with one attached hydrogen (secondary N) is 1. The van der Waals surface area contributed by atoms with Gasteiger partial charge in [-0.15, -0.1) is 0 Å². The number of nitrogens with zero attached hydrogens (tertiary/aromatic N) is 1. The molecule has 1 aliphatic heterocycles. The van der Waals surface area contributed by atoms with Gasteiger partial charge in [0.05, 0.1) is 0 Å². The molecule has 14 heavy (non-hydrogen) atoms. The fourth-order valence-electron chi connectivity index (χ4n) is 2.02. The summed E-state index contributed by atoms with van der Waals surface area (Å²) in [6, 6.07) is 5.28. The first kappa shape index (κ1) is 7.97. The lowest BCUT2D eigenvalue weighted by atomic mass is 10.1. The summed E-state index contributed by atoms with van der Waals surface area (Å²) in [5.41, 5.74) is 1.86. The molecule has 2 nitrogen and oxygen atoms in total. The van der Waals surface area contributed by atoms with Crippen LogP contribution >= 0.6 is 0 Å². The van der Waals surface area contributed by atoms with Gasteiger partial charge < -0.3 is 4.90 Å². The molecule has 0 bridgehead atoms. The standard InChI is InChI=1S/C11H11FN2/c12-8-2-1-7-6-14(9-3-4-9)11(13)10(7)5-8/h1-2,5,9,13H,3-4,6H2. The number of hydrogen-bond acceptors (Lipinski definition) is 1. The average Bonchev–Trinajstić information content (AvgIpc) is 2.95. The quantitative estimate of drug-likeness (QED) is 0.721. The van der Waals surface area contributed by atoms with Crippen LogP contribution in [0.3, 0.4) is 0 Å². The van der Waals surface area contributed by atoms with E-state index in [1.165, 1.54) is 25.0 Å². The van der Waals surface area contributed by atoms with Crippen molar-refractivity contribution in [1.29, 1.82) is 5.41 Å². The monoisotopic (exact) mass is 190 g/mol. The van der Waals surface area contributed by atoms with E-state index in [0.717, 1.165) is 17.7 Å². The van der Waals surface area contributed by atoms with Crippen molar-refractivity contribution >= 4 is 5.84 Å². The minimum absolute atomic E-state index is 0.244. The Morgan fingerprint density at radius 2 is 2.14 bits per heavy atom. The lowest BCUT2D eigenvalue weighted by Crippen LogP contribution is -2.25. The van der Waals surface area contributed by atoms with E-state index in [1.807, 2.05) is 0 Å². The summed E-state index contributed by atoms with van der Waals surface area (Å²) < 4.78 is 13.0. The Labute approximate surface area is 81.9 Å². The average molecular weight is 190 g/mol. The van der Waals surface area contributed by atoms with Crippen LogP contribution in [-0.4, -0.2) is 16.8 Å². The third kappa shape index (κ3) is 1.05. The minimum Gasteiger partial charge on any atom is -0.349 e. The molecule has 0 spiro atoms. The number of rotatable bonds is 1. The zero-order valence-electron chi connectivity index (χ0n) is 7.76. The van der Waals surface area contributed by atoms with E-state index in [1.54, 1.807) is 6.07 Å². The van der Waals surface area contributed by atoms with Gasteiger partial charge in [0.25, 0.3) is 0 Å². The largest absolute Gasteiger partial charge is 0.349 e. The number of benzene rings is 1. The van der Waals surface area contributed by atoms with Crippen LogP contribution in [0.5, 0.6) is 0 Å². The van der Waals surface area contributed by atoms with Gasteiger partial charge in [0.15, 0.2) is 0 Å². The van der Waals surface area contributed by atoms with E-state index in [2.05, 4.69) is 4.90 Å². The van der Waals surface area contributed by atoms with Crippen LogP contribution < -0.4 is 0 Å². The van der Waals surface area contributed by atoms with Gasteiger partial charge in [-0.1, -0.05) is 6.07 Å². The van der Waals surface area contributed by atoms with Gasteiger partial charge in [-0.2, -0.15) is 0 Å². The van der Waals surface area contributed by atoms with Crippen LogP contribution in [0, 0.1) is 11.2 Å². The predicted octanol–water partition coefficient (Wildman–Crippen LogP) is 2.13. The molecule has 1 N–H and O–H groups in total. The Kier molecular flexibility index (Phi) is 1.46. The van der Waals surface area contributed by atoms with Crippen molar-refractivity contribution in [2.24, 2.45) is 0 Å². The molecule has 0 aromatic heterocycles. The van der Waals surface area contributed by atoms with E-state index >= 15 is 0 Å². The molecule has 72 valence electrons. The van der Waals surface area contributed by atoms with Crippen LogP contribution in [0.15, 0.2) is 18.2 Å². The number of hydrogen-bond donors (Lipinski definition) is 1. The van der Waals surface area contributed by atoms with E-state index in [4.69, 9.17) is 5.41 Å². The van der Waals surface area contributed by atoms with E-state index < -0.39 is 0 Å². The molecule has 0 unspecified atom stereocenters. The van der Waals surface area contributed by atoms with Crippen molar-refractivity contribution in [3.8, 4) is 0 Å². The SMILES string of the molecule is N=C1c2cc(F)ccc2CN1C1CC1. The summed E-state index contributed by atoms with van der Waals surface area (Å²) in [4.78, 5) is 2.07. The van der Waals surface area contributed by atoms with E-state index in [-0.39, 0.29) is 5.82 Å². The van der Waals surface area contributed by atoms with Gasteiger partial charge in [-0.25, -0.2) is 4.39 Å². The van der Waals surface area contributed by atoms with Crippen LogP contribution in [0.25, 0.3) is 0 Å². The lowest BCUT2D eigenvalue weighted by Gasteiger charge is -2.16. The van der Waals surface area contributed by atoms with Crippen LogP contribution in [0.2, 0.25) is 0 Å². The lowest BCUT2D eigenvalue weighted by molar-refractivity contribution is 0.418. The molecule has 1 fully saturated rings. The second kappa shape index (κ2) is 2.56. The van der Waals surface area contributed by atoms with Crippen molar-refractivity contribution in [1.82, 2.24) is 4.90 Å². The molecule has 1 aliphatic carbocycles. The number of amidine groups is 1. The van der Waals surface area contributed by atoms with Crippen molar-refractivity contribution in [2.45, 2.75) is 25.4 Å². The maximum absolute atomic E-state index is 13.0. The van der Waals surface area contributed by atoms with E-state index in [9.17, 15) is 4.39 Å². The third-order valence-electron chi connectivity index (χ3n) is 2.94. The molecule has 2 aliphatic rings. The smallest absolute Gasteiger partial charge is 0.129 e. The second-order valence-electron chi connectivity index (χ2n) is 4.01. The highest BCUT2D eigenvalue weighted by molar-refractivity contribution is 6.00. The first-order valence-corrected chi connectivity index (χ1v) is 4.90. The van der Waals surface area contributed by atoms with Crippen molar-refractivity contribution in [3.05, 3.63) is 35.1 Å². The molecule has 1 aromatic rings. The van der Waals surface area contributed by atoms with Gasteiger partial charge in [-0.3, -0.25) is 5.41 Å². The normalized spacial score (nSPS) is 20.1. The Hall–Kier alpha value is -1.38. The summed E-state index contributed by atoms with van der Waals surface area (Å²) in [7, 11) is 0. The second-order valence-corrected chi connectivity index (χ2v) is 4.01. The Balaban J connectivity index is 2.01. The first-order valence-electron chi connectivity index (χ1n) is 4.90. The molecule has 0 atom stereocenters. The minimum atomic E-state index is -0.244. The topological polar surface area (TPSA) is 27.1 Å². The van der Waals surface area contributed by atoms with Crippen LogP contribution in [0.1, 0.15) is 24.0 Å². The molecule has 1 heterocycles. The fraction of sp³-hybridized carbons (Fsp3) is 0.364. The molecule has 0 saturated heterocycles.